The topological polar surface area (TPSA) is 50.8 Å². The van der Waals surface area contributed by atoms with Crippen LogP contribution in [-0.2, 0) is 6.54 Å². The van der Waals surface area contributed by atoms with Crippen LogP contribution in [0.25, 0.3) is 0 Å². The molecule has 0 unspecified atom stereocenters. The average Bonchev–Trinajstić information content (AvgIpc) is 2.88. The number of rotatable bonds is 5. The SMILES string of the molecule is N#Cc1ccccc1OCCCn1ccnc1. The van der Waals surface area contributed by atoms with E-state index in [1.807, 2.05) is 29.0 Å². The van der Waals surface area contributed by atoms with Crippen LogP contribution in [0.3, 0.4) is 0 Å². The maximum Gasteiger partial charge on any atom is 0.137 e. The van der Waals surface area contributed by atoms with Crippen LogP contribution in [-0.4, -0.2) is 16.2 Å². The van der Waals surface area contributed by atoms with Crippen LogP contribution >= 0.6 is 0 Å². The summed E-state index contributed by atoms with van der Waals surface area (Å²) in [6.07, 6.45) is 6.34. The third-order valence-corrected chi connectivity index (χ3v) is 2.38. The number of nitrogens with zero attached hydrogens (tertiary/aromatic N) is 3. The summed E-state index contributed by atoms with van der Waals surface area (Å²) in [5, 5.41) is 8.88. The van der Waals surface area contributed by atoms with Crippen LogP contribution < -0.4 is 4.74 Å². The Morgan fingerprint density at radius 1 is 1.35 bits per heavy atom. The number of aryl methyl sites for hydroxylation is 1. The van der Waals surface area contributed by atoms with Gasteiger partial charge in [0.2, 0.25) is 0 Å². The van der Waals surface area contributed by atoms with Gasteiger partial charge in [-0.1, -0.05) is 12.1 Å². The molecule has 0 radical (unpaired) electrons. The van der Waals surface area contributed by atoms with Crippen molar-refractivity contribution < 1.29 is 4.74 Å². The summed E-state index contributed by atoms with van der Waals surface area (Å²) in [7, 11) is 0. The number of ether oxygens (including phenoxy) is 1. The molecule has 4 nitrogen and oxygen atoms in total. The molecule has 1 aromatic heterocycles. The van der Waals surface area contributed by atoms with Crippen LogP contribution in [0.4, 0.5) is 0 Å². The van der Waals surface area contributed by atoms with E-state index in [0.29, 0.717) is 17.9 Å². The van der Waals surface area contributed by atoms with E-state index in [1.54, 1.807) is 18.6 Å². The van der Waals surface area contributed by atoms with Gasteiger partial charge in [0.05, 0.1) is 18.5 Å². The minimum Gasteiger partial charge on any atom is -0.492 e. The van der Waals surface area contributed by atoms with E-state index >= 15 is 0 Å². The molecule has 1 aromatic carbocycles. The van der Waals surface area contributed by atoms with Crippen molar-refractivity contribution in [2.45, 2.75) is 13.0 Å². The number of hydrogen-bond acceptors (Lipinski definition) is 3. The minimum absolute atomic E-state index is 0.579. The first-order chi connectivity index (χ1) is 8.40. The van der Waals surface area contributed by atoms with Crippen LogP contribution in [0.1, 0.15) is 12.0 Å². The molecule has 0 aliphatic carbocycles. The highest BCUT2D eigenvalue weighted by Crippen LogP contribution is 2.16. The molecule has 1 heterocycles. The largest absolute Gasteiger partial charge is 0.492 e. The fourth-order valence-electron chi connectivity index (χ4n) is 1.53. The molecule has 2 aromatic rings. The van der Waals surface area contributed by atoms with Gasteiger partial charge in [-0.2, -0.15) is 5.26 Å². The molecule has 0 bridgehead atoms. The van der Waals surface area contributed by atoms with Crippen LogP contribution in [0.5, 0.6) is 5.75 Å². The van der Waals surface area contributed by atoms with Gasteiger partial charge >= 0.3 is 0 Å². The number of aromatic nitrogens is 2. The van der Waals surface area contributed by atoms with E-state index in [9.17, 15) is 0 Å². The first-order valence-corrected chi connectivity index (χ1v) is 5.48. The molecule has 0 aliphatic rings. The molecule has 0 atom stereocenters. The van der Waals surface area contributed by atoms with Gasteiger partial charge in [0, 0.05) is 18.9 Å². The number of benzene rings is 1. The molecule has 0 aliphatic heterocycles. The summed E-state index contributed by atoms with van der Waals surface area (Å²) in [5.74, 6) is 0.653. The van der Waals surface area contributed by atoms with Gasteiger partial charge in [0.25, 0.3) is 0 Å². The first-order valence-electron chi connectivity index (χ1n) is 5.48. The van der Waals surface area contributed by atoms with Crippen molar-refractivity contribution in [2.75, 3.05) is 6.61 Å². The molecule has 2 rings (SSSR count). The van der Waals surface area contributed by atoms with Crippen molar-refractivity contribution in [3.8, 4) is 11.8 Å². The van der Waals surface area contributed by atoms with E-state index in [2.05, 4.69) is 11.1 Å². The lowest BCUT2D eigenvalue weighted by Crippen LogP contribution is -2.03. The summed E-state index contributed by atoms with van der Waals surface area (Å²) < 4.78 is 7.57. The Morgan fingerprint density at radius 3 is 3.00 bits per heavy atom. The Hall–Kier alpha value is -2.28. The van der Waals surface area contributed by atoms with E-state index in [1.165, 1.54) is 0 Å². The molecule has 86 valence electrons. The zero-order valence-corrected chi connectivity index (χ0v) is 9.41. The number of imidazole rings is 1. The highest BCUT2D eigenvalue weighted by Gasteiger charge is 2.00. The number of nitriles is 1. The van der Waals surface area contributed by atoms with Crippen molar-refractivity contribution in [1.29, 1.82) is 5.26 Å². The predicted molar refractivity (Wildman–Crippen MR) is 63.5 cm³/mol. The quantitative estimate of drug-likeness (QED) is 0.736. The summed E-state index contributed by atoms with van der Waals surface area (Å²) in [6, 6.07) is 9.38. The highest BCUT2D eigenvalue weighted by atomic mass is 16.5. The third kappa shape index (κ3) is 3.08. The number of para-hydroxylation sites is 1. The summed E-state index contributed by atoms with van der Waals surface area (Å²) >= 11 is 0. The van der Waals surface area contributed by atoms with Gasteiger partial charge in [-0.05, 0) is 18.6 Å². The van der Waals surface area contributed by atoms with Crippen LogP contribution in [0.2, 0.25) is 0 Å². The summed E-state index contributed by atoms with van der Waals surface area (Å²) in [4.78, 5) is 3.97. The maximum atomic E-state index is 8.88. The fraction of sp³-hybridized carbons (Fsp3) is 0.231. The lowest BCUT2D eigenvalue weighted by Gasteiger charge is -2.07. The Bertz CT molecular complexity index is 500. The normalized spacial score (nSPS) is 9.82. The van der Waals surface area contributed by atoms with Crippen molar-refractivity contribution in [2.24, 2.45) is 0 Å². The van der Waals surface area contributed by atoms with Gasteiger partial charge in [0.15, 0.2) is 0 Å². The highest BCUT2D eigenvalue weighted by molar-refractivity contribution is 5.42. The van der Waals surface area contributed by atoms with Crippen LogP contribution in [0, 0.1) is 11.3 Å². The second-order valence-electron chi connectivity index (χ2n) is 3.61. The molecule has 4 heteroatoms. The van der Waals surface area contributed by atoms with E-state index < -0.39 is 0 Å². The van der Waals surface area contributed by atoms with E-state index in [0.717, 1.165) is 13.0 Å². The van der Waals surface area contributed by atoms with Gasteiger partial charge < -0.3 is 9.30 Å². The second kappa shape index (κ2) is 5.71. The molecule has 0 saturated heterocycles. The fourth-order valence-corrected chi connectivity index (χ4v) is 1.53. The van der Waals surface area contributed by atoms with Gasteiger partial charge in [-0.3, -0.25) is 0 Å². The van der Waals surface area contributed by atoms with Crippen molar-refractivity contribution >= 4 is 0 Å². The standard InChI is InChI=1S/C13H13N3O/c14-10-12-4-1-2-5-13(12)17-9-3-7-16-8-6-15-11-16/h1-2,4-6,8,11H,3,7,9H2. The predicted octanol–water partition coefficient (Wildman–Crippen LogP) is 2.22. The molecule has 17 heavy (non-hydrogen) atoms. The molecule has 0 spiro atoms. The van der Waals surface area contributed by atoms with Gasteiger partial charge in [-0.15, -0.1) is 0 Å². The minimum atomic E-state index is 0.579. The zero-order valence-electron chi connectivity index (χ0n) is 9.41. The van der Waals surface area contributed by atoms with Crippen LogP contribution in [0.15, 0.2) is 43.0 Å². The maximum absolute atomic E-state index is 8.88. The second-order valence-corrected chi connectivity index (χ2v) is 3.61. The van der Waals surface area contributed by atoms with E-state index in [4.69, 9.17) is 10.00 Å². The average molecular weight is 227 g/mol. The Balaban J connectivity index is 1.80. The smallest absolute Gasteiger partial charge is 0.137 e. The van der Waals surface area contributed by atoms with E-state index in [-0.39, 0.29) is 0 Å². The molecule has 0 saturated carbocycles. The Kier molecular flexibility index (Phi) is 3.77. The third-order valence-electron chi connectivity index (χ3n) is 2.38. The first kappa shape index (κ1) is 11.2. The number of hydrogen-bond donors (Lipinski definition) is 0. The Labute approximate surface area is 100 Å². The molecule has 0 N–H and O–H groups in total. The lowest BCUT2D eigenvalue weighted by atomic mass is 10.2. The van der Waals surface area contributed by atoms with Crippen molar-refractivity contribution in [3.05, 3.63) is 48.5 Å². The van der Waals surface area contributed by atoms with Crippen molar-refractivity contribution in [3.63, 3.8) is 0 Å². The molecular formula is C13H13N3O. The van der Waals surface area contributed by atoms with Gasteiger partial charge in [0.1, 0.15) is 11.8 Å². The summed E-state index contributed by atoms with van der Waals surface area (Å²) in [6.45, 7) is 1.46. The zero-order chi connectivity index (χ0) is 11.9. The van der Waals surface area contributed by atoms with Crippen molar-refractivity contribution in [1.82, 2.24) is 9.55 Å². The monoisotopic (exact) mass is 227 g/mol. The molecule has 0 fully saturated rings. The Morgan fingerprint density at radius 2 is 2.24 bits per heavy atom. The van der Waals surface area contributed by atoms with Gasteiger partial charge in [-0.25, -0.2) is 4.98 Å². The lowest BCUT2D eigenvalue weighted by molar-refractivity contribution is 0.301. The molecule has 0 amide bonds. The molecular weight excluding hydrogens is 214 g/mol. The summed E-state index contributed by atoms with van der Waals surface area (Å²) in [5.41, 5.74) is 0.579.